The summed E-state index contributed by atoms with van der Waals surface area (Å²) < 4.78 is 5.34. The average Bonchev–Trinajstić information content (AvgIpc) is 2.47. The van der Waals surface area contributed by atoms with Crippen molar-refractivity contribution in [2.75, 3.05) is 6.61 Å². The molecule has 19 heavy (non-hydrogen) atoms. The summed E-state index contributed by atoms with van der Waals surface area (Å²) in [6.07, 6.45) is 8.48. The number of benzene rings is 1. The molecule has 1 aromatic carbocycles. The van der Waals surface area contributed by atoms with E-state index in [4.69, 9.17) is 10.5 Å². The summed E-state index contributed by atoms with van der Waals surface area (Å²) in [5.74, 6) is 0.822. The number of rotatable bonds is 4. The molecule has 0 heterocycles. The first kappa shape index (κ1) is 15.7. The van der Waals surface area contributed by atoms with Crippen molar-refractivity contribution in [3.63, 3.8) is 0 Å². The number of carbonyl (C=O) groups is 1. The molecular formula is C16H25NO2. The normalized spacial score (nSPS) is 15.3. The second kappa shape index (κ2) is 9.56. The highest BCUT2D eigenvalue weighted by molar-refractivity contribution is 5.74. The third kappa shape index (κ3) is 6.97. The average molecular weight is 263 g/mol. The molecule has 2 N–H and O–H groups in total. The molecule has 1 fully saturated rings. The zero-order valence-electron chi connectivity index (χ0n) is 11.8. The first-order chi connectivity index (χ1) is 9.26. The molecule has 0 saturated heterocycles. The van der Waals surface area contributed by atoms with Gasteiger partial charge in [-0.25, -0.2) is 0 Å². The van der Waals surface area contributed by atoms with Gasteiger partial charge >= 0.3 is 0 Å². The van der Waals surface area contributed by atoms with Crippen LogP contribution in [0.5, 0.6) is 5.75 Å². The van der Waals surface area contributed by atoms with Crippen LogP contribution in [-0.2, 0) is 0 Å². The zero-order valence-corrected chi connectivity index (χ0v) is 11.8. The number of hydrogen-bond donors (Lipinski definition) is 1. The lowest BCUT2D eigenvalue weighted by Crippen LogP contribution is -2.22. The van der Waals surface area contributed by atoms with Crippen LogP contribution in [0.3, 0.4) is 0 Å². The van der Waals surface area contributed by atoms with Gasteiger partial charge in [0.25, 0.3) is 0 Å². The fraction of sp³-hybridized carbons (Fsp3) is 0.562. The van der Waals surface area contributed by atoms with E-state index in [9.17, 15) is 4.79 Å². The fourth-order valence-corrected chi connectivity index (χ4v) is 2.00. The molecule has 1 saturated carbocycles. The van der Waals surface area contributed by atoms with Gasteiger partial charge in [0.15, 0.2) is 0 Å². The SMILES string of the molecule is CCCOc1ccc(C=O)cc1.NC1CCCCC1. The summed E-state index contributed by atoms with van der Waals surface area (Å²) in [4.78, 5) is 10.3. The zero-order chi connectivity index (χ0) is 13.9. The lowest BCUT2D eigenvalue weighted by atomic mass is 9.97. The number of ether oxygens (including phenoxy) is 1. The van der Waals surface area contributed by atoms with Crippen LogP contribution >= 0.6 is 0 Å². The maximum absolute atomic E-state index is 10.3. The van der Waals surface area contributed by atoms with Gasteiger partial charge in [-0.15, -0.1) is 0 Å². The Morgan fingerprint density at radius 3 is 2.26 bits per heavy atom. The summed E-state index contributed by atoms with van der Waals surface area (Å²) in [5, 5.41) is 0. The third-order valence-electron chi connectivity index (χ3n) is 3.14. The molecule has 0 atom stereocenters. The Morgan fingerprint density at radius 1 is 1.21 bits per heavy atom. The predicted molar refractivity (Wildman–Crippen MR) is 78.7 cm³/mol. The van der Waals surface area contributed by atoms with Crippen LogP contribution in [0.25, 0.3) is 0 Å². The largest absolute Gasteiger partial charge is 0.494 e. The van der Waals surface area contributed by atoms with Gasteiger partial charge in [-0.3, -0.25) is 4.79 Å². The van der Waals surface area contributed by atoms with Crippen LogP contribution in [0.2, 0.25) is 0 Å². The van der Waals surface area contributed by atoms with E-state index in [-0.39, 0.29) is 0 Å². The minimum absolute atomic E-state index is 0.536. The van der Waals surface area contributed by atoms with Crippen molar-refractivity contribution in [1.82, 2.24) is 0 Å². The topological polar surface area (TPSA) is 52.3 Å². The van der Waals surface area contributed by atoms with Crippen LogP contribution in [-0.4, -0.2) is 18.9 Å². The van der Waals surface area contributed by atoms with E-state index in [0.29, 0.717) is 11.6 Å². The standard InChI is InChI=1S/C10H12O2.C6H13N/c1-2-7-12-10-5-3-9(8-11)4-6-10;7-6-4-2-1-3-5-6/h3-6,8H,2,7H2,1H3;6H,1-5,7H2. The predicted octanol–water partition coefficient (Wildman–Crippen LogP) is 3.57. The second-order valence-electron chi connectivity index (χ2n) is 4.93. The van der Waals surface area contributed by atoms with Crippen molar-refractivity contribution in [2.45, 2.75) is 51.5 Å². The minimum Gasteiger partial charge on any atom is -0.494 e. The molecule has 0 unspecified atom stereocenters. The van der Waals surface area contributed by atoms with E-state index in [1.165, 1.54) is 32.1 Å². The third-order valence-corrected chi connectivity index (χ3v) is 3.14. The van der Waals surface area contributed by atoms with Crippen molar-refractivity contribution in [1.29, 1.82) is 0 Å². The molecular weight excluding hydrogens is 238 g/mol. The number of hydrogen-bond acceptors (Lipinski definition) is 3. The summed E-state index contributed by atoms with van der Waals surface area (Å²) in [6, 6.07) is 7.64. The second-order valence-corrected chi connectivity index (χ2v) is 4.93. The molecule has 3 heteroatoms. The van der Waals surface area contributed by atoms with Crippen molar-refractivity contribution >= 4 is 6.29 Å². The Balaban J connectivity index is 0.000000218. The molecule has 0 aliphatic heterocycles. The lowest BCUT2D eigenvalue weighted by Gasteiger charge is -2.15. The monoisotopic (exact) mass is 263 g/mol. The molecule has 0 amide bonds. The summed E-state index contributed by atoms with van der Waals surface area (Å²) in [6.45, 7) is 2.78. The number of carbonyl (C=O) groups excluding carboxylic acids is 1. The van der Waals surface area contributed by atoms with E-state index in [1.54, 1.807) is 24.3 Å². The van der Waals surface area contributed by atoms with Crippen LogP contribution in [0.15, 0.2) is 24.3 Å². The van der Waals surface area contributed by atoms with Gasteiger partial charge in [0.2, 0.25) is 0 Å². The smallest absolute Gasteiger partial charge is 0.150 e. The Kier molecular flexibility index (Phi) is 7.91. The Labute approximate surface area is 116 Å². The van der Waals surface area contributed by atoms with Crippen LogP contribution in [0.4, 0.5) is 0 Å². The fourth-order valence-electron chi connectivity index (χ4n) is 2.00. The molecule has 2 rings (SSSR count). The highest BCUT2D eigenvalue weighted by Gasteiger charge is 2.06. The van der Waals surface area contributed by atoms with Crippen molar-refractivity contribution in [2.24, 2.45) is 5.73 Å². The number of nitrogens with two attached hydrogens (primary N) is 1. The molecule has 1 aromatic rings. The van der Waals surface area contributed by atoms with Crippen LogP contribution < -0.4 is 10.5 Å². The van der Waals surface area contributed by atoms with Gasteiger partial charge < -0.3 is 10.5 Å². The Morgan fingerprint density at radius 2 is 1.84 bits per heavy atom. The molecule has 3 nitrogen and oxygen atoms in total. The maximum atomic E-state index is 10.3. The molecule has 0 radical (unpaired) electrons. The lowest BCUT2D eigenvalue weighted by molar-refractivity contribution is 0.112. The number of aldehydes is 1. The van der Waals surface area contributed by atoms with Gasteiger partial charge in [0, 0.05) is 11.6 Å². The van der Waals surface area contributed by atoms with Gasteiger partial charge in [-0.05, 0) is 43.5 Å². The van der Waals surface area contributed by atoms with Gasteiger partial charge in [0.1, 0.15) is 12.0 Å². The molecule has 0 spiro atoms. The summed E-state index contributed by atoms with van der Waals surface area (Å²) >= 11 is 0. The van der Waals surface area contributed by atoms with Gasteiger partial charge in [0.05, 0.1) is 6.61 Å². The van der Waals surface area contributed by atoms with E-state index in [1.807, 2.05) is 0 Å². The molecule has 106 valence electrons. The minimum atomic E-state index is 0.536. The first-order valence-corrected chi connectivity index (χ1v) is 7.20. The van der Waals surface area contributed by atoms with Crippen LogP contribution in [0.1, 0.15) is 55.8 Å². The van der Waals surface area contributed by atoms with Crippen molar-refractivity contribution < 1.29 is 9.53 Å². The van der Waals surface area contributed by atoms with E-state index in [0.717, 1.165) is 25.1 Å². The Bertz CT molecular complexity index is 342. The maximum Gasteiger partial charge on any atom is 0.150 e. The van der Waals surface area contributed by atoms with Crippen molar-refractivity contribution in [3.8, 4) is 5.75 Å². The highest BCUT2D eigenvalue weighted by atomic mass is 16.5. The summed E-state index contributed by atoms with van der Waals surface area (Å²) in [5.41, 5.74) is 6.31. The quantitative estimate of drug-likeness (QED) is 0.845. The molecule has 1 aliphatic rings. The Hall–Kier alpha value is -1.35. The molecule has 0 bridgehead atoms. The molecule has 1 aliphatic carbocycles. The highest BCUT2D eigenvalue weighted by Crippen LogP contribution is 2.14. The van der Waals surface area contributed by atoms with E-state index < -0.39 is 0 Å². The molecule has 0 aromatic heterocycles. The van der Waals surface area contributed by atoms with Gasteiger partial charge in [-0.2, -0.15) is 0 Å². The van der Waals surface area contributed by atoms with Crippen molar-refractivity contribution in [3.05, 3.63) is 29.8 Å². The summed E-state index contributed by atoms with van der Waals surface area (Å²) in [7, 11) is 0. The van der Waals surface area contributed by atoms with Gasteiger partial charge in [-0.1, -0.05) is 26.2 Å². The van der Waals surface area contributed by atoms with E-state index >= 15 is 0 Å². The van der Waals surface area contributed by atoms with Crippen LogP contribution in [0, 0.1) is 0 Å². The first-order valence-electron chi connectivity index (χ1n) is 7.20. The van der Waals surface area contributed by atoms with E-state index in [2.05, 4.69) is 6.92 Å².